The van der Waals surface area contributed by atoms with Gasteiger partial charge < -0.3 is 4.74 Å². The highest BCUT2D eigenvalue weighted by molar-refractivity contribution is 6.30. The summed E-state index contributed by atoms with van der Waals surface area (Å²) in [7, 11) is 1.54. The van der Waals surface area contributed by atoms with Crippen molar-refractivity contribution in [1.29, 1.82) is 0 Å². The minimum atomic E-state index is 0.403. The zero-order chi connectivity index (χ0) is 8.55. The predicted molar refractivity (Wildman–Crippen MR) is 45.5 cm³/mol. The molecular formula is C7H6ClN3O. The first-order valence-electron chi connectivity index (χ1n) is 3.35. The van der Waals surface area contributed by atoms with E-state index < -0.39 is 0 Å². The third-order valence-electron chi connectivity index (χ3n) is 1.56. The van der Waals surface area contributed by atoms with Gasteiger partial charge in [0.2, 0.25) is 5.88 Å². The molecule has 0 aliphatic carbocycles. The summed E-state index contributed by atoms with van der Waals surface area (Å²) < 4.78 is 5.00. The van der Waals surface area contributed by atoms with E-state index in [0.29, 0.717) is 11.0 Å². The number of nitrogens with zero attached hydrogens (tertiary/aromatic N) is 2. The van der Waals surface area contributed by atoms with Gasteiger partial charge in [-0.25, -0.2) is 0 Å². The van der Waals surface area contributed by atoms with E-state index in [2.05, 4.69) is 15.2 Å². The van der Waals surface area contributed by atoms with E-state index >= 15 is 0 Å². The number of ether oxygens (including phenoxy) is 1. The number of H-pyrrole nitrogens is 1. The number of methoxy groups -OCH3 is 1. The number of hydrogen-bond donors (Lipinski definition) is 1. The molecule has 1 N–H and O–H groups in total. The molecule has 2 aromatic rings. The standard InChI is InChI=1S/C7H6ClN3O/c1-12-7-6-4(3-9-11-6)2-5(8)10-7/h2-3H,1H3,(H,9,11). The largest absolute Gasteiger partial charge is 0.479 e. The number of aromatic nitrogens is 3. The molecular weight excluding hydrogens is 178 g/mol. The summed E-state index contributed by atoms with van der Waals surface area (Å²) in [5.74, 6) is 0.468. The number of rotatable bonds is 1. The van der Waals surface area contributed by atoms with Crippen molar-refractivity contribution in [2.45, 2.75) is 0 Å². The third-order valence-corrected chi connectivity index (χ3v) is 1.75. The van der Waals surface area contributed by atoms with Gasteiger partial charge in [0.1, 0.15) is 10.7 Å². The van der Waals surface area contributed by atoms with Crippen LogP contribution in [0.1, 0.15) is 0 Å². The first kappa shape index (κ1) is 7.36. The average molecular weight is 184 g/mol. The lowest BCUT2D eigenvalue weighted by Crippen LogP contribution is -1.88. The minimum absolute atomic E-state index is 0.403. The molecule has 0 amide bonds. The first-order valence-corrected chi connectivity index (χ1v) is 3.72. The second kappa shape index (κ2) is 2.64. The van der Waals surface area contributed by atoms with E-state index in [-0.39, 0.29) is 0 Å². The Hall–Kier alpha value is -1.29. The quantitative estimate of drug-likeness (QED) is 0.684. The molecule has 4 nitrogen and oxygen atoms in total. The number of halogens is 1. The van der Waals surface area contributed by atoms with Crippen molar-refractivity contribution in [2.75, 3.05) is 7.11 Å². The Balaban J connectivity index is 2.80. The summed E-state index contributed by atoms with van der Waals surface area (Å²) in [6, 6.07) is 1.73. The molecule has 0 saturated carbocycles. The van der Waals surface area contributed by atoms with Gasteiger partial charge >= 0.3 is 0 Å². The fourth-order valence-electron chi connectivity index (χ4n) is 1.04. The molecule has 0 atom stereocenters. The maximum absolute atomic E-state index is 5.73. The van der Waals surface area contributed by atoms with Crippen LogP contribution in [-0.4, -0.2) is 22.3 Å². The van der Waals surface area contributed by atoms with Crippen molar-refractivity contribution in [3.05, 3.63) is 17.4 Å². The highest BCUT2D eigenvalue weighted by atomic mass is 35.5. The van der Waals surface area contributed by atoms with Crippen LogP contribution in [0.2, 0.25) is 5.15 Å². The summed E-state index contributed by atoms with van der Waals surface area (Å²) in [5.41, 5.74) is 0.766. The predicted octanol–water partition coefficient (Wildman–Crippen LogP) is 1.62. The molecule has 62 valence electrons. The highest BCUT2D eigenvalue weighted by Crippen LogP contribution is 2.23. The molecule has 0 spiro atoms. The molecule has 0 aliphatic rings. The van der Waals surface area contributed by atoms with Gasteiger partial charge in [0.25, 0.3) is 0 Å². The van der Waals surface area contributed by atoms with Gasteiger partial charge in [-0.15, -0.1) is 0 Å². The molecule has 0 bridgehead atoms. The summed E-state index contributed by atoms with van der Waals surface area (Å²) in [6.45, 7) is 0. The monoisotopic (exact) mass is 183 g/mol. The van der Waals surface area contributed by atoms with E-state index in [1.165, 1.54) is 0 Å². The van der Waals surface area contributed by atoms with Crippen LogP contribution in [0.25, 0.3) is 10.9 Å². The molecule has 2 heterocycles. The van der Waals surface area contributed by atoms with E-state index in [1.807, 2.05) is 0 Å². The number of hydrogen-bond acceptors (Lipinski definition) is 3. The number of aromatic amines is 1. The van der Waals surface area contributed by atoms with Crippen LogP contribution in [0.5, 0.6) is 5.88 Å². The molecule has 0 unspecified atom stereocenters. The lowest BCUT2D eigenvalue weighted by Gasteiger charge is -1.99. The number of nitrogens with one attached hydrogen (secondary N) is 1. The second-order valence-electron chi connectivity index (χ2n) is 2.29. The average Bonchev–Trinajstić information content (AvgIpc) is 2.50. The maximum atomic E-state index is 5.73. The van der Waals surface area contributed by atoms with Crippen molar-refractivity contribution < 1.29 is 4.74 Å². The Morgan fingerprint density at radius 2 is 2.42 bits per heavy atom. The Morgan fingerprint density at radius 1 is 1.58 bits per heavy atom. The molecule has 0 aliphatic heterocycles. The van der Waals surface area contributed by atoms with Gasteiger partial charge in [-0.1, -0.05) is 11.6 Å². The summed E-state index contributed by atoms with van der Waals surface area (Å²) in [4.78, 5) is 3.96. The lowest BCUT2D eigenvalue weighted by molar-refractivity contribution is 0.402. The first-order chi connectivity index (χ1) is 5.81. The molecule has 0 saturated heterocycles. The molecule has 0 aromatic carbocycles. The molecule has 12 heavy (non-hydrogen) atoms. The van der Waals surface area contributed by atoms with Crippen molar-refractivity contribution >= 4 is 22.5 Å². The smallest absolute Gasteiger partial charge is 0.241 e. The van der Waals surface area contributed by atoms with Gasteiger partial charge in [-0.3, -0.25) is 5.10 Å². The fraction of sp³-hybridized carbons (Fsp3) is 0.143. The second-order valence-corrected chi connectivity index (χ2v) is 2.68. The summed E-state index contributed by atoms with van der Waals surface area (Å²) in [5, 5.41) is 7.92. The molecule has 2 aromatic heterocycles. The Morgan fingerprint density at radius 3 is 3.17 bits per heavy atom. The zero-order valence-electron chi connectivity index (χ0n) is 6.34. The zero-order valence-corrected chi connectivity index (χ0v) is 7.09. The van der Waals surface area contributed by atoms with E-state index in [1.54, 1.807) is 19.4 Å². The van der Waals surface area contributed by atoms with Crippen LogP contribution >= 0.6 is 11.6 Å². The molecule has 2 rings (SSSR count). The minimum Gasteiger partial charge on any atom is -0.479 e. The third kappa shape index (κ3) is 1.00. The topological polar surface area (TPSA) is 50.8 Å². The van der Waals surface area contributed by atoms with E-state index in [4.69, 9.17) is 16.3 Å². The normalized spacial score (nSPS) is 10.5. The number of fused-ring (bicyclic) bond motifs is 1. The van der Waals surface area contributed by atoms with E-state index in [0.717, 1.165) is 10.9 Å². The van der Waals surface area contributed by atoms with Crippen LogP contribution in [0.15, 0.2) is 12.3 Å². The maximum Gasteiger partial charge on any atom is 0.241 e. The van der Waals surface area contributed by atoms with Crippen molar-refractivity contribution in [3.8, 4) is 5.88 Å². The Kier molecular flexibility index (Phi) is 1.62. The SMILES string of the molecule is COc1nc(Cl)cc2cn[nH]c12. The number of pyridine rings is 1. The molecule has 0 fully saturated rings. The van der Waals surface area contributed by atoms with Crippen LogP contribution in [0.4, 0.5) is 0 Å². The fourth-order valence-corrected chi connectivity index (χ4v) is 1.23. The van der Waals surface area contributed by atoms with Crippen LogP contribution in [-0.2, 0) is 0 Å². The van der Waals surface area contributed by atoms with Crippen LogP contribution in [0, 0.1) is 0 Å². The van der Waals surface area contributed by atoms with Gasteiger partial charge in [-0.2, -0.15) is 10.1 Å². The van der Waals surface area contributed by atoms with Crippen molar-refractivity contribution in [2.24, 2.45) is 0 Å². The van der Waals surface area contributed by atoms with Crippen molar-refractivity contribution in [3.63, 3.8) is 0 Å². The summed E-state index contributed by atoms with van der Waals surface area (Å²) >= 11 is 5.73. The Labute approximate surface area is 73.5 Å². The van der Waals surface area contributed by atoms with Crippen LogP contribution in [0.3, 0.4) is 0 Å². The lowest BCUT2D eigenvalue weighted by atomic mass is 10.3. The van der Waals surface area contributed by atoms with Gasteiger partial charge in [0.15, 0.2) is 0 Å². The van der Waals surface area contributed by atoms with Gasteiger partial charge in [-0.05, 0) is 6.07 Å². The van der Waals surface area contributed by atoms with Gasteiger partial charge in [0, 0.05) is 5.39 Å². The molecule has 0 radical (unpaired) electrons. The van der Waals surface area contributed by atoms with Crippen LogP contribution < -0.4 is 4.74 Å². The van der Waals surface area contributed by atoms with Gasteiger partial charge in [0.05, 0.1) is 13.3 Å². The van der Waals surface area contributed by atoms with Crippen molar-refractivity contribution in [1.82, 2.24) is 15.2 Å². The summed E-state index contributed by atoms with van der Waals surface area (Å²) in [6.07, 6.45) is 1.67. The highest BCUT2D eigenvalue weighted by Gasteiger charge is 2.05. The van der Waals surface area contributed by atoms with E-state index in [9.17, 15) is 0 Å². The Bertz CT molecular complexity index is 412. The molecule has 5 heteroatoms.